The second kappa shape index (κ2) is 6.25. The fourth-order valence-corrected chi connectivity index (χ4v) is 2.73. The van der Waals surface area contributed by atoms with Crippen LogP contribution in [0.2, 0.25) is 0 Å². The molecule has 0 bridgehead atoms. The number of halogens is 1. The van der Waals surface area contributed by atoms with Gasteiger partial charge in [-0.15, -0.1) is 0 Å². The summed E-state index contributed by atoms with van der Waals surface area (Å²) < 4.78 is 6.77. The highest BCUT2D eigenvalue weighted by Gasteiger charge is 2.21. The molecule has 0 aliphatic carbocycles. The Balaban J connectivity index is 2.18. The Labute approximate surface area is 121 Å². The zero-order valence-electron chi connectivity index (χ0n) is 10.8. The molecule has 1 aliphatic heterocycles. The van der Waals surface area contributed by atoms with Crippen molar-refractivity contribution in [1.82, 2.24) is 4.90 Å². The molecule has 0 atom stereocenters. The van der Waals surface area contributed by atoms with Crippen molar-refractivity contribution in [1.29, 1.82) is 0 Å². The summed E-state index contributed by atoms with van der Waals surface area (Å²) in [6.07, 6.45) is 2.15. The van der Waals surface area contributed by atoms with Gasteiger partial charge in [-0.05, 0) is 48.0 Å². The van der Waals surface area contributed by atoms with E-state index in [0.29, 0.717) is 11.3 Å². The van der Waals surface area contributed by atoms with E-state index < -0.39 is 0 Å². The van der Waals surface area contributed by atoms with Gasteiger partial charge >= 0.3 is 0 Å². The maximum atomic E-state index is 8.86. The molecule has 1 saturated heterocycles. The number of hydrogen-bond donors (Lipinski definition) is 2. The van der Waals surface area contributed by atoms with E-state index in [9.17, 15) is 0 Å². The number of benzene rings is 1. The predicted molar refractivity (Wildman–Crippen MR) is 77.8 cm³/mol. The summed E-state index contributed by atoms with van der Waals surface area (Å²) in [6.45, 7) is 2.05. The van der Waals surface area contributed by atoms with Crippen LogP contribution in [0.3, 0.4) is 0 Å². The van der Waals surface area contributed by atoms with Gasteiger partial charge < -0.3 is 20.6 Å². The highest BCUT2D eigenvalue weighted by atomic mass is 79.9. The minimum Gasteiger partial charge on any atom is -0.490 e. The molecule has 2 rings (SSSR count). The third-order valence-corrected chi connectivity index (χ3v) is 3.96. The number of amidine groups is 1. The number of piperidine rings is 1. The van der Waals surface area contributed by atoms with E-state index in [4.69, 9.17) is 15.7 Å². The van der Waals surface area contributed by atoms with Gasteiger partial charge in [-0.3, -0.25) is 0 Å². The van der Waals surface area contributed by atoms with Gasteiger partial charge in [0.25, 0.3) is 0 Å². The molecule has 1 heterocycles. The van der Waals surface area contributed by atoms with Crippen LogP contribution in [0.4, 0.5) is 0 Å². The summed E-state index contributed by atoms with van der Waals surface area (Å²) in [7, 11) is 2.11. The molecule has 1 aliphatic rings. The van der Waals surface area contributed by atoms with Crippen LogP contribution >= 0.6 is 15.9 Å². The molecule has 1 aromatic rings. The van der Waals surface area contributed by atoms with Gasteiger partial charge in [0.2, 0.25) is 0 Å². The van der Waals surface area contributed by atoms with Crippen molar-refractivity contribution in [2.45, 2.75) is 18.9 Å². The monoisotopic (exact) mass is 327 g/mol. The number of likely N-dealkylation sites (tertiary alicyclic amines) is 1. The zero-order chi connectivity index (χ0) is 13.8. The van der Waals surface area contributed by atoms with Crippen molar-refractivity contribution >= 4 is 21.8 Å². The average Bonchev–Trinajstić information content (AvgIpc) is 2.41. The summed E-state index contributed by atoms with van der Waals surface area (Å²) in [5, 5.41) is 11.9. The maximum absolute atomic E-state index is 8.86. The second-order valence-electron chi connectivity index (χ2n) is 4.72. The minimum absolute atomic E-state index is 0.0513. The van der Waals surface area contributed by atoms with E-state index in [-0.39, 0.29) is 11.9 Å². The molecular weight excluding hydrogens is 310 g/mol. The highest BCUT2D eigenvalue weighted by Crippen LogP contribution is 2.28. The molecule has 5 nitrogen and oxygen atoms in total. The van der Waals surface area contributed by atoms with Crippen LogP contribution in [0.1, 0.15) is 18.4 Å². The lowest BCUT2D eigenvalue weighted by atomic mass is 10.1. The predicted octanol–water partition coefficient (Wildman–Crippen LogP) is 2.02. The van der Waals surface area contributed by atoms with E-state index in [2.05, 4.69) is 33.0 Å². The number of hydrogen-bond acceptors (Lipinski definition) is 4. The topological polar surface area (TPSA) is 71.1 Å². The Bertz CT molecular complexity index is 471. The lowest BCUT2D eigenvalue weighted by Gasteiger charge is -2.30. The lowest BCUT2D eigenvalue weighted by molar-refractivity contribution is 0.114. The van der Waals surface area contributed by atoms with E-state index in [1.54, 1.807) is 0 Å². The number of rotatable bonds is 3. The van der Waals surface area contributed by atoms with Crippen LogP contribution in [0.5, 0.6) is 5.75 Å². The summed E-state index contributed by atoms with van der Waals surface area (Å²) in [6, 6.07) is 5.56. The fourth-order valence-electron chi connectivity index (χ4n) is 2.18. The van der Waals surface area contributed by atoms with Crippen LogP contribution in [-0.4, -0.2) is 42.2 Å². The Morgan fingerprint density at radius 2 is 2.16 bits per heavy atom. The highest BCUT2D eigenvalue weighted by molar-refractivity contribution is 9.10. The van der Waals surface area contributed by atoms with Crippen LogP contribution in [0.15, 0.2) is 27.8 Å². The number of oxime groups is 1. The first-order valence-electron chi connectivity index (χ1n) is 6.23. The molecule has 104 valence electrons. The molecule has 6 heteroatoms. The first-order valence-corrected chi connectivity index (χ1v) is 7.02. The van der Waals surface area contributed by atoms with Gasteiger partial charge in [-0.1, -0.05) is 11.2 Å². The first-order chi connectivity index (χ1) is 9.11. The fraction of sp³-hybridized carbons (Fsp3) is 0.462. The normalized spacial score (nSPS) is 18.5. The van der Waals surface area contributed by atoms with Crippen molar-refractivity contribution in [3.63, 3.8) is 0 Å². The van der Waals surface area contributed by atoms with Crippen molar-refractivity contribution < 1.29 is 9.94 Å². The molecule has 0 saturated carbocycles. The molecule has 0 radical (unpaired) electrons. The molecule has 0 amide bonds. The van der Waals surface area contributed by atoms with Crippen LogP contribution < -0.4 is 10.5 Å². The Hall–Kier alpha value is -1.27. The summed E-state index contributed by atoms with van der Waals surface area (Å²) >= 11 is 3.40. The molecule has 3 N–H and O–H groups in total. The molecule has 0 spiro atoms. The summed E-state index contributed by atoms with van der Waals surface area (Å²) in [5.74, 6) is 0.703. The molecule has 0 unspecified atom stereocenters. The second-order valence-corrected chi connectivity index (χ2v) is 5.57. The number of ether oxygens (including phenoxy) is 1. The van der Waals surface area contributed by atoms with Gasteiger partial charge in [0.05, 0.1) is 5.56 Å². The molecular formula is C13H18BrN3O2. The summed E-state index contributed by atoms with van der Waals surface area (Å²) in [4.78, 5) is 2.28. The zero-order valence-corrected chi connectivity index (χ0v) is 12.4. The first kappa shape index (κ1) is 14.1. The molecule has 0 aromatic heterocycles. The Morgan fingerprint density at radius 3 is 2.79 bits per heavy atom. The largest absolute Gasteiger partial charge is 0.490 e. The third kappa shape index (κ3) is 3.39. The van der Waals surface area contributed by atoms with Crippen molar-refractivity contribution in [2.75, 3.05) is 20.1 Å². The quantitative estimate of drug-likeness (QED) is 0.385. The van der Waals surface area contributed by atoms with Crippen molar-refractivity contribution in [3.05, 3.63) is 28.2 Å². The third-order valence-electron chi connectivity index (χ3n) is 3.30. The van der Waals surface area contributed by atoms with Gasteiger partial charge in [0.1, 0.15) is 11.9 Å². The van der Waals surface area contributed by atoms with Crippen molar-refractivity contribution in [3.8, 4) is 5.75 Å². The van der Waals surface area contributed by atoms with E-state index in [1.807, 2.05) is 18.2 Å². The number of nitrogens with two attached hydrogens (primary N) is 1. The maximum Gasteiger partial charge on any atom is 0.174 e. The van der Waals surface area contributed by atoms with Gasteiger partial charge in [0.15, 0.2) is 5.84 Å². The van der Waals surface area contributed by atoms with Gasteiger partial charge in [0, 0.05) is 17.6 Å². The SMILES string of the molecule is CN1CCC(Oc2cccc(Br)c2/C(N)=N/O)CC1. The molecule has 19 heavy (non-hydrogen) atoms. The number of nitrogens with zero attached hydrogens (tertiary/aromatic N) is 2. The minimum atomic E-state index is 0.0513. The smallest absolute Gasteiger partial charge is 0.174 e. The Kier molecular flexibility index (Phi) is 4.66. The van der Waals surface area contributed by atoms with Crippen LogP contribution in [0, 0.1) is 0 Å². The molecule has 1 aromatic carbocycles. The van der Waals surface area contributed by atoms with Crippen LogP contribution in [-0.2, 0) is 0 Å². The van der Waals surface area contributed by atoms with Crippen molar-refractivity contribution in [2.24, 2.45) is 10.9 Å². The average molecular weight is 328 g/mol. The van der Waals surface area contributed by atoms with E-state index in [0.717, 1.165) is 30.4 Å². The molecule has 1 fully saturated rings. The standard InChI is InChI=1S/C13H18BrN3O2/c1-17-7-5-9(6-8-17)19-11-4-2-3-10(14)12(11)13(15)16-18/h2-4,9,18H,5-8H2,1H3,(H2,15,16). The lowest BCUT2D eigenvalue weighted by Crippen LogP contribution is -2.36. The van der Waals surface area contributed by atoms with E-state index in [1.165, 1.54) is 0 Å². The van der Waals surface area contributed by atoms with Gasteiger partial charge in [-0.2, -0.15) is 0 Å². The van der Waals surface area contributed by atoms with Crippen LogP contribution in [0.25, 0.3) is 0 Å². The Morgan fingerprint density at radius 1 is 1.47 bits per heavy atom. The van der Waals surface area contributed by atoms with E-state index >= 15 is 0 Å². The van der Waals surface area contributed by atoms with Gasteiger partial charge in [-0.25, -0.2) is 0 Å². The summed E-state index contributed by atoms with van der Waals surface area (Å²) in [5.41, 5.74) is 6.31.